The van der Waals surface area contributed by atoms with Crippen molar-refractivity contribution in [3.05, 3.63) is 41.0 Å². The Morgan fingerprint density at radius 3 is 2.65 bits per heavy atom. The average Bonchev–Trinajstić information content (AvgIpc) is 2.89. The third kappa shape index (κ3) is 3.36. The van der Waals surface area contributed by atoms with Crippen LogP contribution in [0.15, 0.2) is 22.7 Å². The van der Waals surface area contributed by atoms with Crippen molar-refractivity contribution in [2.75, 3.05) is 19.0 Å². The second-order valence-electron chi connectivity index (χ2n) is 4.92. The number of nitrogens with one attached hydrogen (secondary N) is 1. The van der Waals surface area contributed by atoms with Crippen molar-refractivity contribution in [2.45, 2.75) is 33.2 Å². The van der Waals surface area contributed by atoms with Gasteiger partial charge >= 0.3 is 0 Å². The maximum Gasteiger partial charge on any atom is 0.248 e. The molecular weight excluding hydrogens is 254 g/mol. The molecule has 0 bridgehead atoms. The third-order valence-electron chi connectivity index (χ3n) is 3.23. The summed E-state index contributed by atoms with van der Waals surface area (Å²) in [6.45, 7) is 6.77. The maximum atomic E-state index is 5.30. The van der Waals surface area contributed by atoms with Crippen molar-refractivity contribution in [2.24, 2.45) is 0 Å². The van der Waals surface area contributed by atoms with Gasteiger partial charge in [0.15, 0.2) is 5.82 Å². The standard InChI is InChI=1S/C15H21N3O2/c1-10-6-5-7-11(2)14(10)16-12(3)15-17-13(18-20-15)8-9-19-4/h5-7,12,16H,8-9H2,1-4H3/t12-/m1/s1. The average molecular weight is 275 g/mol. The van der Waals surface area contributed by atoms with Gasteiger partial charge in [0.25, 0.3) is 0 Å². The lowest BCUT2D eigenvalue weighted by atomic mass is 10.1. The number of aromatic nitrogens is 2. The number of anilines is 1. The number of nitrogens with zero attached hydrogens (tertiary/aromatic N) is 2. The van der Waals surface area contributed by atoms with Gasteiger partial charge in [0, 0.05) is 19.2 Å². The van der Waals surface area contributed by atoms with Crippen LogP contribution in [0.25, 0.3) is 0 Å². The van der Waals surface area contributed by atoms with E-state index in [0.717, 1.165) is 5.69 Å². The quantitative estimate of drug-likeness (QED) is 0.878. The molecule has 1 atom stereocenters. The highest BCUT2D eigenvalue weighted by molar-refractivity contribution is 5.57. The lowest BCUT2D eigenvalue weighted by Gasteiger charge is -2.16. The SMILES string of the molecule is COCCc1noc([C@@H](C)Nc2c(C)cccc2C)n1. The molecule has 1 heterocycles. The van der Waals surface area contributed by atoms with Crippen LogP contribution in [-0.2, 0) is 11.2 Å². The monoisotopic (exact) mass is 275 g/mol. The lowest BCUT2D eigenvalue weighted by molar-refractivity contribution is 0.199. The summed E-state index contributed by atoms with van der Waals surface area (Å²) in [5, 5.41) is 7.39. The summed E-state index contributed by atoms with van der Waals surface area (Å²) >= 11 is 0. The maximum absolute atomic E-state index is 5.30. The minimum absolute atomic E-state index is 0.0291. The van der Waals surface area contributed by atoms with Crippen LogP contribution < -0.4 is 5.32 Å². The van der Waals surface area contributed by atoms with E-state index in [9.17, 15) is 0 Å². The molecule has 0 saturated carbocycles. The predicted molar refractivity (Wildman–Crippen MR) is 77.8 cm³/mol. The first-order chi connectivity index (χ1) is 9.61. The Labute approximate surface area is 119 Å². The molecule has 0 saturated heterocycles. The summed E-state index contributed by atoms with van der Waals surface area (Å²) in [4.78, 5) is 4.38. The fourth-order valence-corrected chi connectivity index (χ4v) is 2.06. The molecule has 1 aromatic carbocycles. The van der Waals surface area contributed by atoms with Gasteiger partial charge in [0.2, 0.25) is 5.89 Å². The Morgan fingerprint density at radius 1 is 1.30 bits per heavy atom. The van der Waals surface area contributed by atoms with Crippen molar-refractivity contribution >= 4 is 5.69 Å². The number of hydrogen-bond donors (Lipinski definition) is 1. The van der Waals surface area contributed by atoms with Crippen molar-refractivity contribution < 1.29 is 9.26 Å². The number of rotatable bonds is 6. The van der Waals surface area contributed by atoms with E-state index >= 15 is 0 Å². The fraction of sp³-hybridized carbons (Fsp3) is 0.467. The van der Waals surface area contributed by atoms with Gasteiger partial charge in [0.05, 0.1) is 6.61 Å². The summed E-state index contributed by atoms with van der Waals surface area (Å²) in [6, 6.07) is 6.19. The Kier molecular flexibility index (Phi) is 4.74. The van der Waals surface area contributed by atoms with Crippen molar-refractivity contribution in [1.82, 2.24) is 10.1 Å². The largest absolute Gasteiger partial charge is 0.384 e. The predicted octanol–water partition coefficient (Wildman–Crippen LogP) is 3.05. The molecule has 0 aliphatic carbocycles. The van der Waals surface area contributed by atoms with E-state index in [-0.39, 0.29) is 6.04 Å². The van der Waals surface area contributed by atoms with E-state index in [1.54, 1.807) is 7.11 Å². The second kappa shape index (κ2) is 6.52. The van der Waals surface area contributed by atoms with E-state index < -0.39 is 0 Å². The Balaban J connectivity index is 2.08. The molecule has 20 heavy (non-hydrogen) atoms. The molecular formula is C15H21N3O2. The molecule has 0 amide bonds. The summed E-state index contributed by atoms with van der Waals surface area (Å²) in [5.74, 6) is 1.27. The molecule has 2 rings (SSSR count). The molecule has 0 spiro atoms. The van der Waals surface area contributed by atoms with Gasteiger partial charge in [-0.1, -0.05) is 23.4 Å². The highest BCUT2D eigenvalue weighted by atomic mass is 16.5. The van der Waals surface area contributed by atoms with E-state index in [1.807, 2.05) is 6.92 Å². The van der Waals surface area contributed by atoms with Gasteiger partial charge in [-0.05, 0) is 31.9 Å². The zero-order valence-corrected chi connectivity index (χ0v) is 12.4. The van der Waals surface area contributed by atoms with Crippen molar-refractivity contribution in [3.8, 4) is 0 Å². The molecule has 0 radical (unpaired) electrons. The van der Waals surface area contributed by atoms with Crippen LogP contribution in [0, 0.1) is 13.8 Å². The topological polar surface area (TPSA) is 60.2 Å². The van der Waals surface area contributed by atoms with E-state index in [0.29, 0.717) is 24.7 Å². The van der Waals surface area contributed by atoms with Crippen LogP contribution in [0.4, 0.5) is 5.69 Å². The van der Waals surface area contributed by atoms with Crippen LogP contribution >= 0.6 is 0 Å². The van der Waals surface area contributed by atoms with E-state index in [4.69, 9.17) is 9.26 Å². The number of methoxy groups -OCH3 is 1. The minimum Gasteiger partial charge on any atom is -0.384 e. The zero-order chi connectivity index (χ0) is 14.5. The summed E-state index contributed by atoms with van der Waals surface area (Å²) < 4.78 is 10.3. The molecule has 0 aliphatic heterocycles. The van der Waals surface area contributed by atoms with Crippen LogP contribution in [0.1, 0.15) is 35.8 Å². The van der Waals surface area contributed by atoms with Crippen LogP contribution in [0.2, 0.25) is 0 Å². The smallest absolute Gasteiger partial charge is 0.248 e. The molecule has 5 heteroatoms. The molecule has 1 N–H and O–H groups in total. The van der Waals surface area contributed by atoms with Gasteiger partial charge in [-0.15, -0.1) is 0 Å². The van der Waals surface area contributed by atoms with Crippen molar-refractivity contribution in [1.29, 1.82) is 0 Å². The van der Waals surface area contributed by atoms with Crippen LogP contribution in [0.5, 0.6) is 0 Å². The minimum atomic E-state index is -0.0291. The van der Waals surface area contributed by atoms with Gasteiger partial charge in [-0.25, -0.2) is 0 Å². The normalized spacial score (nSPS) is 12.4. The van der Waals surface area contributed by atoms with Crippen LogP contribution in [0.3, 0.4) is 0 Å². The number of hydrogen-bond acceptors (Lipinski definition) is 5. The van der Waals surface area contributed by atoms with Gasteiger partial charge in [-0.2, -0.15) is 4.98 Å². The van der Waals surface area contributed by atoms with Gasteiger partial charge in [0.1, 0.15) is 6.04 Å². The molecule has 0 unspecified atom stereocenters. The number of ether oxygens (including phenoxy) is 1. The van der Waals surface area contributed by atoms with E-state index in [2.05, 4.69) is 47.5 Å². The molecule has 5 nitrogen and oxygen atoms in total. The van der Waals surface area contributed by atoms with E-state index in [1.165, 1.54) is 11.1 Å². The summed E-state index contributed by atoms with van der Waals surface area (Å²) in [5.41, 5.74) is 3.53. The number of benzene rings is 1. The zero-order valence-electron chi connectivity index (χ0n) is 12.4. The fourth-order valence-electron chi connectivity index (χ4n) is 2.06. The number of aryl methyl sites for hydroxylation is 2. The molecule has 2 aromatic rings. The molecule has 108 valence electrons. The Bertz CT molecular complexity index is 546. The summed E-state index contributed by atoms with van der Waals surface area (Å²) in [6.07, 6.45) is 0.663. The number of para-hydroxylation sites is 1. The summed E-state index contributed by atoms with van der Waals surface area (Å²) in [7, 11) is 1.66. The highest BCUT2D eigenvalue weighted by Gasteiger charge is 2.15. The highest BCUT2D eigenvalue weighted by Crippen LogP contribution is 2.24. The molecule has 1 aromatic heterocycles. The first kappa shape index (κ1) is 14.5. The first-order valence-corrected chi connectivity index (χ1v) is 6.76. The molecule has 0 aliphatic rings. The Morgan fingerprint density at radius 2 is 2.00 bits per heavy atom. The second-order valence-corrected chi connectivity index (χ2v) is 4.92. The van der Waals surface area contributed by atoms with Crippen LogP contribution in [-0.4, -0.2) is 23.9 Å². The third-order valence-corrected chi connectivity index (χ3v) is 3.23. The molecule has 0 fully saturated rings. The van der Waals surface area contributed by atoms with Gasteiger partial charge in [-0.3, -0.25) is 0 Å². The Hall–Kier alpha value is -1.88. The van der Waals surface area contributed by atoms with Crippen molar-refractivity contribution in [3.63, 3.8) is 0 Å². The first-order valence-electron chi connectivity index (χ1n) is 6.76. The lowest BCUT2D eigenvalue weighted by Crippen LogP contribution is -2.09. The van der Waals surface area contributed by atoms with Gasteiger partial charge < -0.3 is 14.6 Å².